The number of hydrogen-bond acceptors (Lipinski definition) is 6. The molecule has 4 rings (SSSR count). The van der Waals surface area contributed by atoms with E-state index < -0.39 is 16.0 Å². The van der Waals surface area contributed by atoms with Crippen LogP contribution in [0.2, 0.25) is 5.02 Å². The highest BCUT2D eigenvalue weighted by Gasteiger charge is 2.20. The van der Waals surface area contributed by atoms with E-state index in [0.29, 0.717) is 10.7 Å². The number of anilines is 1. The molecular formula is C23H18ClN3O5S. The maximum absolute atomic E-state index is 12.7. The smallest absolute Gasteiger partial charge is 0.340 e. The Bertz CT molecular complexity index is 1520. The van der Waals surface area contributed by atoms with Crippen LogP contribution in [0.25, 0.3) is 5.65 Å². The molecule has 0 fully saturated rings. The summed E-state index contributed by atoms with van der Waals surface area (Å²) in [5, 5.41) is 0.398. The minimum atomic E-state index is -3.96. The van der Waals surface area contributed by atoms with Crippen LogP contribution in [0.5, 0.6) is 0 Å². The molecule has 8 nitrogen and oxygen atoms in total. The predicted octanol–water partition coefficient (Wildman–Crippen LogP) is 3.81. The van der Waals surface area contributed by atoms with Gasteiger partial charge in [0.15, 0.2) is 0 Å². The van der Waals surface area contributed by atoms with Gasteiger partial charge in [-0.1, -0.05) is 29.8 Å². The molecule has 0 saturated carbocycles. The topological polar surface area (TPSA) is 107 Å². The first-order valence-corrected chi connectivity index (χ1v) is 11.6. The first-order valence-electron chi connectivity index (χ1n) is 9.77. The number of halogens is 1. The number of carbonyl (C=O) groups excluding carboxylic acids is 1. The standard InChI is InChI=1S/C23H18ClN3O5S/c1-15-5-4-12-27-21(28)13-17(25-22(15)27)14-32-23(29)19-6-2-3-7-20(19)26-33(30,31)18-10-8-16(24)9-11-18/h2-13,26H,14H2,1H3. The third-order valence-electron chi connectivity index (χ3n) is 4.81. The Balaban J connectivity index is 1.55. The fourth-order valence-corrected chi connectivity index (χ4v) is 4.37. The molecule has 4 aromatic rings. The van der Waals surface area contributed by atoms with Gasteiger partial charge in [0.1, 0.15) is 12.3 Å². The Labute approximate surface area is 194 Å². The van der Waals surface area contributed by atoms with E-state index in [-0.39, 0.29) is 34.0 Å². The van der Waals surface area contributed by atoms with Crippen LogP contribution < -0.4 is 10.3 Å². The zero-order valence-corrected chi connectivity index (χ0v) is 18.9. The number of pyridine rings is 1. The average Bonchev–Trinajstić information content (AvgIpc) is 2.78. The highest BCUT2D eigenvalue weighted by molar-refractivity contribution is 7.92. The lowest BCUT2D eigenvalue weighted by atomic mass is 10.2. The van der Waals surface area contributed by atoms with E-state index in [9.17, 15) is 18.0 Å². The Morgan fingerprint density at radius 3 is 2.58 bits per heavy atom. The van der Waals surface area contributed by atoms with Crippen molar-refractivity contribution in [2.45, 2.75) is 18.4 Å². The Kier molecular flexibility index (Phi) is 6.17. The molecule has 0 amide bonds. The van der Waals surface area contributed by atoms with Crippen molar-refractivity contribution >= 4 is 38.9 Å². The van der Waals surface area contributed by atoms with Crippen molar-refractivity contribution in [2.24, 2.45) is 0 Å². The summed E-state index contributed by atoms with van der Waals surface area (Å²) < 4.78 is 34.6. The first-order chi connectivity index (χ1) is 15.7. The third kappa shape index (κ3) is 4.89. The van der Waals surface area contributed by atoms with E-state index >= 15 is 0 Å². The van der Waals surface area contributed by atoms with Crippen molar-refractivity contribution in [1.82, 2.24) is 9.38 Å². The molecule has 2 aromatic heterocycles. The zero-order chi connectivity index (χ0) is 23.6. The second-order valence-electron chi connectivity index (χ2n) is 7.15. The minimum Gasteiger partial charge on any atom is -0.456 e. The fraction of sp³-hybridized carbons (Fsp3) is 0.0870. The van der Waals surface area contributed by atoms with Gasteiger partial charge in [-0.25, -0.2) is 18.2 Å². The van der Waals surface area contributed by atoms with Gasteiger partial charge in [-0.05, 0) is 55.0 Å². The van der Waals surface area contributed by atoms with Crippen molar-refractivity contribution in [3.8, 4) is 0 Å². The molecule has 0 aliphatic carbocycles. The molecular weight excluding hydrogens is 466 g/mol. The summed E-state index contributed by atoms with van der Waals surface area (Å²) in [7, 11) is -3.96. The number of nitrogens with one attached hydrogen (secondary N) is 1. The number of carbonyl (C=O) groups is 1. The van der Waals surface area contributed by atoms with Crippen LogP contribution in [-0.2, 0) is 21.4 Å². The molecule has 0 aliphatic heterocycles. The number of aryl methyl sites for hydroxylation is 1. The number of ether oxygens (including phenoxy) is 1. The van der Waals surface area contributed by atoms with Gasteiger partial charge in [0.05, 0.1) is 21.8 Å². The second kappa shape index (κ2) is 9.05. The van der Waals surface area contributed by atoms with Crippen molar-refractivity contribution < 1.29 is 17.9 Å². The molecule has 2 aromatic carbocycles. The summed E-state index contributed by atoms with van der Waals surface area (Å²) in [6, 6.07) is 16.5. The van der Waals surface area contributed by atoms with Crippen molar-refractivity contribution in [2.75, 3.05) is 4.72 Å². The number of nitrogens with zero attached hydrogens (tertiary/aromatic N) is 2. The summed E-state index contributed by atoms with van der Waals surface area (Å²) in [5.74, 6) is -0.767. The Hall–Kier alpha value is -3.69. The molecule has 0 radical (unpaired) electrons. The quantitative estimate of drug-likeness (QED) is 0.418. The van der Waals surface area contributed by atoms with E-state index in [1.54, 1.807) is 24.4 Å². The summed E-state index contributed by atoms with van der Waals surface area (Å²) in [4.78, 5) is 29.5. The number of benzene rings is 2. The molecule has 0 unspecified atom stereocenters. The number of hydrogen-bond donors (Lipinski definition) is 1. The third-order valence-corrected chi connectivity index (χ3v) is 6.44. The maximum atomic E-state index is 12.7. The number of sulfonamides is 1. The van der Waals surface area contributed by atoms with Crippen molar-refractivity contribution in [1.29, 1.82) is 0 Å². The number of para-hydroxylation sites is 1. The van der Waals surface area contributed by atoms with Crippen molar-refractivity contribution in [3.63, 3.8) is 0 Å². The van der Waals surface area contributed by atoms with Crippen LogP contribution in [0.4, 0.5) is 5.69 Å². The van der Waals surface area contributed by atoms with Gasteiger partial charge >= 0.3 is 5.97 Å². The largest absolute Gasteiger partial charge is 0.456 e. The van der Waals surface area contributed by atoms with Crippen LogP contribution in [0.3, 0.4) is 0 Å². The van der Waals surface area contributed by atoms with Crippen LogP contribution in [0.15, 0.2) is 82.6 Å². The monoisotopic (exact) mass is 483 g/mol. The number of rotatable bonds is 6. The molecule has 1 N–H and O–H groups in total. The van der Waals surface area contributed by atoms with Crippen LogP contribution in [0, 0.1) is 6.92 Å². The van der Waals surface area contributed by atoms with Gasteiger partial charge in [-0.15, -0.1) is 0 Å². The summed E-state index contributed by atoms with van der Waals surface area (Å²) in [6.45, 7) is 1.57. The van der Waals surface area contributed by atoms with Crippen LogP contribution in [0.1, 0.15) is 21.6 Å². The van der Waals surface area contributed by atoms with Crippen LogP contribution >= 0.6 is 11.6 Å². The van der Waals surface area contributed by atoms with E-state index in [1.807, 2.05) is 13.0 Å². The number of esters is 1. The summed E-state index contributed by atoms with van der Waals surface area (Å²) in [6.07, 6.45) is 1.61. The molecule has 0 atom stereocenters. The zero-order valence-electron chi connectivity index (χ0n) is 17.4. The predicted molar refractivity (Wildman–Crippen MR) is 124 cm³/mol. The molecule has 0 bridgehead atoms. The molecule has 33 heavy (non-hydrogen) atoms. The van der Waals surface area contributed by atoms with Gasteiger partial charge < -0.3 is 4.74 Å². The van der Waals surface area contributed by atoms with Gasteiger partial charge in [0.2, 0.25) is 0 Å². The molecule has 2 heterocycles. The van der Waals surface area contributed by atoms with E-state index in [4.69, 9.17) is 16.3 Å². The fourth-order valence-electron chi connectivity index (χ4n) is 3.17. The summed E-state index contributed by atoms with van der Waals surface area (Å²) in [5.41, 5.74) is 1.31. The minimum absolute atomic E-state index is 0.00807. The number of aromatic nitrogens is 2. The second-order valence-corrected chi connectivity index (χ2v) is 9.27. The number of fused-ring (bicyclic) bond motifs is 1. The first kappa shape index (κ1) is 22.5. The highest BCUT2D eigenvalue weighted by atomic mass is 35.5. The Morgan fingerprint density at radius 2 is 1.82 bits per heavy atom. The van der Waals surface area contributed by atoms with Crippen LogP contribution in [-0.4, -0.2) is 23.8 Å². The molecule has 0 spiro atoms. The maximum Gasteiger partial charge on any atom is 0.340 e. The Morgan fingerprint density at radius 1 is 1.09 bits per heavy atom. The van der Waals surface area contributed by atoms with Gasteiger partial charge in [0.25, 0.3) is 15.6 Å². The molecule has 168 valence electrons. The van der Waals surface area contributed by atoms with Crippen molar-refractivity contribution in [3.05, 3.63) is 105 Å². The lowest BCUT2D eigenvalue weighted by Crippen LogP contribution is -2.18. The summed E-state index contributed by atoms with van der Waals surface area (Å²) >= 11 is 5.82. The highest BCUT2D eigenvalue weighted by Crippen LogP contribution is 2.22. The van der Waals surface area contributed by atoms with E-state index in [1.165, 1.54) is 46.9 Å². The van der Waals surface area contributed by atoms with E-state index in [2.05, 4.69) is 9.71 Å². The van der Waals surface area contributed by atoms with Gasteiger partial charge in [0, 0.05) is 17.3 Å². The molecule has 0 saturated heterocycles. The normalized spacial score (nSPS) is 11.3. The van der Waals surface area contributed by atoms with Gasteiger partial charge in [-0.2, -0.15) is 0 Å². The lowest BCUT2D eigenvalue weighted by Gasteiger charge is -2.12. The lowest BCUT2D eigenvalue weighted by molar-refractivity contribution is 0.0469. The SMILES string of the molecule is Cc1cccn2c(=O)cc(COC(=O)c3ccccc3NS(=O)(=O)c3ccc(Cl)cc3)nc12. The average molecular weight is 484 g/mol. The molecule has 10 heteroatoms. The molecule has 0 aliphatic rings. The van der Waals surface area contributed by atoms with Gasteiger partial charge in [-0.3, -0.25) is 13.9 Å². The van der Waals surface area contributed by atoms with E-state index in [0.717, 1.165) is 5.56 Å².